The quantitative estimate of drug-likeness (QED) is 0.679. The summed E-state index contributed by atoms with van der Waals surface area (Å²) >= 11 is 6.31. The van der Waals surface area contributed by atoms with Crippen molar-refractivity contribution in [1.29, 1.82) is 0 Å². The number of likely N-dealkylation sites (tertiary alicyclic amines) is 1. The topological polar surface area (TPSA) is 85.0 Å². The minimum absolute atomic E-state index is 0.0318. The standard InChI is InChI=1S/C23H32ClN5O3/c24-19-4-3-18(16-20(19)29-13-7-21(30)26-23(29)32)22(31)28-11-5-17(6-12-28)2-1-10-27-14-8-25-9-15-27/h3-4,16-17,25H,1-2,5-15H2,(H,26,30,32). The summed E-state index contributed by atoms with van der Waals surface area (Å²) in [7, 11) is 0. The van der Waals surface area contributed by atoms with E-state index >= 15 is 0 Å². The maximum atomic E-state index is 13.1. The predicted octanol–water partition coefficient (Wildman–Crippen LogP) is 2.32. The molecule has 174 valence electrons. The summed E-state index contributed by atoms with van der Waals surface area (Å²) in [4.78, 5) is 42.6. The summed E-state index contributed by atoms with van der Waals surface area (Å²) in [5.41, 5.74) is 0.983. The Morgan fingerprint density at radius 2 is 1.81 bits per heavy atom. The Labute approximate surface area is 194 Å². The molecule has 4 amide bonds. The van der Waals surface area contributed by atoms with Crippen molar-refractivity contribution in [1.82, 2.24) is 20.4 Å². The lowest BCUT2D eigenvalue weighted by atomic mass is 9.91. The van der Waals surface area contributed by atoms with Crippen LogP contribution < -0.4 is 15.5 Å². The highest BCUT2D eigenvalue weighted by Gasteiger charge is 2.28. The van der Waals surface area contributed by atoms with Gasteiger partial charge in [-0.2, -0.15) is 0 Å². The Hall–Kier alpha value is -2.16. The number of imide groups is 1. The maximum Gasteiger partial charge on any atom is 0.328 e. The highest BCUT2D eigenvalue weighted by molar-refractivity contribution is 6.34. The molecule has 2 N–H and O–H groups in total. The molecule has 3 fully saturated rings. The van der Waals surface area contributed by atoms with Crippen molar-refractivity contribution in [3.8, 4) is 0 Å². The number of nitrogens with zero attached hydrogens (tertiary/aromatic N) is 3. The summed E-state index contributed by atoms with van der Waals surface area (Å²) < 4.78 is 0. The van der Waals surface area contributed by atoms with E-state index in [0.29, 0.717) is 22.2 Å². The van der Waals surface area contributed by atoms with E-state index in [2.05, 4.69) is 15.5 Å². The van der Waals surface area contributed by atoms with Crippen molar-refractivity contribution in [2.24, 2.45) is 5.92 Å². The zero-order valence-electron chi connectivity index (χ0n) is 18.4. The highest BCUT2D eigenvalue weighted by Crippen LogP contribution is 2.30. The molecule has 0 radical (unpaired) electrons. The number of carbonyl (C=O) groups is 3. The van der Waals surface area contributed by atoms with E-state index in [0.717, 1.165) is 52.1 Å². The van der Waals surface area contributed by atoms with Crippen molar-refractivity contribution in [2.75, 3.05) is 57.3 Å². The zero-order valence-corrected chi connectivity index (χ0v) is 19.2. The first-order chi connectivity index (χ1) is 15.5. The first-order valence-electron chi connectivity index (χ1n) is 11.6. The monoisotopic (exact) mass is 461 g/mol. The summed E-state index contributed by atoms with van der Waals surface area (Å²) in [5, 5.41) is 6.07. The Kier molecular flexibility index (Phi) is 7.65. The zero-order chi connectivity index (χ0) is 22.5. The van der Waals surface area contributed by atoms with E-state index in [9.17, 15) is 14.4 Å². The van der Waals surface area contributed by atoms with E-state index in [1.165, 1.54) is 24.3 Å². The molecule has 8 nitrogen and oxygen atoms in total. The van der Waals surface area contributed by atoms with Gasteiger partial charge >= 0.3 is 6.03 Å². The molecule has 3 aliphatic heterocycles. The van der Waals surface area contributed by atoms with Crippen LogP contribution in [-0.2, 0) is 4.79 Å². The number of benzene rings is 1. The normalized spacial score (nSPS) is 21.0. The SMILES string of the molecule is O=C1CCN(c2cc(C(=O)N3CCC(CCCN4CCNCC4)CC3)ccc2Cl)C(=O)N1. The number of piperidine rings is 1. The fourth-order valence-corrected chi connectivity index (χ4v) is 5.01. The third-order valence-corrected chi connectivity index (χ3v) is 7.06. The lowest BCUT2D eigenvalue weighted by Crippen LogP contribution is -2.49. The van der Waals surface area contributed by atoms with Gasteiger partial charge in [0.15, 0.2) is 0 Å². The van der Waals surface area contributed by atoms with Crippen LogP contribution >= 0.6 is 11.6 Å². The van der Waals surface area contributed by atoms with Crippen LogP contribution in [-0.4, -0.2) is 80.0 Å². The molecular weight excluding hydrogens is 430 g/mol. The van der Waals surface area contributed by atoms with E-state index in [4.69, 9.17) is 11.6 Å². The molecule has 0 aromatic heterocycles. The van der Waals surface area contributed by atoms with Crippen molar-refractivity contribution in [2.45, 2.75) is 32.1 Å². The van der Waals surface area contributed by atoms with Gasteiger partial charge in [0.2, 0.25) is 5.91 Å². The third kappa shape index (κ3) is 5.60. The molecule has 0 bridgehead atoms. The van der Waals surface area contributed by atoms with Crippen LogP contribution in [0.3, 0.4) is 0 Å². The molecule has 0 saturated carbocycles. The number of carbonyl (C=O) groups excluding carboxylic acids is 3. The van der Waals surface area contributed by atoms with Crippen molar-refractivity contribution >= 4 is 35.1 Å². The molecule has 3 heterocycles. The largest absolute Gasteiger partial charge is 0.339 e. The van der Waals surface area contributed by atoms with E-state index in [-0.39, 0.29) is 24.8 Å². The fraction of sp³-hybridized carbons (Fsp3) is 0.609. The van der Waals surface area contributed by atoms with Gasteiger partial charge in [-0.15, -0.1) is 0 Å². The number of nitrogens with one attached hydrogen (secondary N) is 2. The number of rotatable bonds is 6. The van der Waals surface area contributed by atoms with E-state index < -0.39 is 6.03 Å². The number of anilines is 1. The number of amides is 4. The van der Waals surface area contributed by atoms with Crippen LogP contribution in [0.1, 0.15) is 42.5 Å². The van der Waals surface area contributed by atoms with E-state index in [1.807, 2.05) is 4.90 Å². The lowest BCUT2D eigenvalue weighted by Gasteiger charge is -2.33. The molecule has 0 aliphatic carbocycles. The molecule has 9 heteroatoms. The molecule has 0 spiro atoms. The average molecular weight is 462 g/mol. The Morgan fingerprint density at radius 3 is 2.53 bits per heavy atom. The minimum atomic E-state index is -0.505. The Bertz CT molecular complexity index is 850. The predicted molar refractivity (Wildman–Crippen MR) is 124 cm³/mol. The Morgan fingerprint density at radius 1 is 1.06 bits per heavy atom. The fourth-order valence-electron chi connectivity index (χ4n) is 4.79. The molecule has 0 atom stereocenters. The van der Waals surface area contributed by atoms with Gasteiger partial charge in [0, 0.05) is 57.8 Å². The third-order valence-electron chi connectivity index (χ3n) is 6.74. The van der Waals surface area contributed by atoms with Crippen LogP contribution in [0.25, 0.3) is 0 Å². The summed E-state index contributed by atoms with van der Waals surface area (Å²) in [5.74, 6) is 0.346. The van der Waals surface area contributed by atoms with E-state index in [1.54, 1.807) is 18.2 Å². The molecule has 1 aromatic carbocycles. The summed E-state index contributed by atoms with van der Waals surface area (Å²) in [6.45, 7) is 7.41. The van der Waals surface area contributed by atoms with Crippen molar-refractivity contribution < 1.29 is 14.4 Å². The molecule has 4 rings (SSSR count). The van der Waals surface area contributed by atoms with Gasteiger partial charge in [-0.1, -0.05) is 11.6 Å². The van der Waals surface area contributed by atoms with Crippen LogP contribution in [0.4, 0.5) is 10.5 Å². The van der Waals surface area contributed by atoms with Gasteiger partial charge in [0.05, 0.1) is 10.7 Å². The number of hydrogen-bond donors (Lipinski definition) is 2. The summed E-state index contributed by atoms with van der Waals surface area (Å²) in [6, 6.07) is 4.52. The van der Waals surface area contributed by atoms with Gasteiger partial charge in [0.25, 0.3) is 5.91 Å². The van der Waals surface area contributed by atoms with Crippen LogP contribution in [0.2, 0.25) is 5.02 Å². The molecule has 3 aliphatic rings. The second kappa shape index (κ2) is 10.6. The average Bonchev–Trinajstić information content (AvgIpc) is 2.80. The smallest absolute Gasteiger partial charge is 0.328 e. The molecule has 0 unspecified atom stereocenters. The number of halogens is 1. The summed E-state index contributed by atoms with van der Waals surface area (Å²) in [6.07, 6.45) is 4.72. The van der Waals surface area contributed by atoms with Gasteiger partial charge < -0.3 is 15.1 Å². The van der Waals surface area contributed by atoms with Crippen LogP contribution in [0.15, 0.2) is 18.2 Å². The van der Waals surface area contributed by atoms with Gasteiger partial charge in [-0.25, -0.2) is 4.79 Å². The molecule has 32 heavy (non-hydrogen) atoms. The van der Waals surface area contributed by atoms with Crippen molar-refractivity contribution in [3.63, 3.8) is 0 Å². The molecule has 1 aromatic rings. The number of hydrogen-bond acceptors (Lipinski definition) is 5. The first-order valence-corrected chi connectivity index (χ1v) is 12.0. The van der Waals surface area contributed by atoms with Gasteiger partial charge in [0.1, 0.15) is 0 Å². The number of urea groups is 1. The molecular formula is C23H32ClN5O3. The minimum Gasteiger partial charge on any atom is -0.339 e. The van der Waals surface area contributed by atoms with Gasteiger partial charge in [-0.05, 0) is 56.3 Å². The highest BCUT2D eigenvalue weighted by atomic mass is 35.5. The second-order valence-electron chi connectivity index (χ2n) is 8.89. The second-order valence-corrected chi connectivity index (χ2v) is 9.30. The maximum absolute atomic E-state index is 13.1. The Balaban J connectivity index is 1.29. The van der Waals surface area contributed by atoms with Crippen LogP contribution in [0, 0.1) is 5.92 Å². The van der Waals surface area contributed by atoms with Crippen molar-refractivity contribution in [3.05, 3.63) is 28.8 Å². The van der Waals surface area contributed by atoms with Crippen LogP contribution in [0.5, 0.6) is 0 Å². The first kappa shape index (κ1) is 23.0. The number of piperazine rings is 1. The molecule has 3 saturated heterocycles. The lowest BCUT2D eigenvalue weighted by molar-refractivity contribution is -0.120. The van der Waals surface area contributed by atoms with Gasteiger partial charge in [-0.3, -0.25) is 19.8 Å².